The van der Waals surface area contributed by atoms with Gasteiger partial charge in [0.1, 0.15) is 5.75 Å². The minimum absolute atomic E-state index is 0.0319. The highest BCUT2D eigenvalue weighted by atomic mass is 16.5. The van der Waals surface area contributed by atoms with E-state index in [9.17, 15) is 4.79 Å². The summed E-state index contributed by atoms with van der Waals surface area (Å²) in [5.41, 5.74) is 0.717. The molecule has 2 aromatic rings. The van der Waals surface area contributed by atoms with Crippen molar-refractivity contribution in [3.05, 3.63) is 34.9 Å². The summed E-state index contributed by atoms with van der Waals surface area (Å²) >= 11 is 0. The van der Waals surface area contributed by atoms with Crippen LogP contribution in [-0.4, -0.2) is 54.9 Å². The maximum atomic E-state index is 12.7. The van der Waals surface area contributed by atoms with Gasteiger partial charge in [-0.1, -0.05) is 0 Å². The first-order valence-corrected chi connectivity index (χ1v) is 8.45. The number of fused-ring (bicyclic) bond motifs is 1. The van der Waals surface area contributed by atoms with Crippen molar-refractivity contribution in [2.45, 2.75) is 19.4 Å². The Labute approximate surface area is 142 Å². The number of methoxy groups -OCH3 is 2. The van der Waals surface area contributed by atoms with Crippen molar-refractivity contribution in [3.8, 4) is 5.75 Å². The van der Waals surface area contributed by atoms with Gasteiger partial charge in [0.2, 0.25) is 0 Å². The summed E-state index contributed by atoms with van der Waals surface area (Å²) < 4.78 is 12.1. The molecule has 0 N–H and O–H groups in total. The van der Waals surface area contributed by atoms with Crippen LogP contribution in [0.3, 0.4) is 0 Å². The standard InChI is InChI=1S/C18H25N3O3/c1-23-10-9-20-7-5-14(6-8-20)12-21-13-19-17-11-15(24-2)3-4-16(17)18(21)22/h3-4,11,13-14H,5-10,12H2,1-2H3. The lowest BCUT2D eigenvalue weighted by atomic mass is 9.96. The first-order valence-electron chi connectivity index (χ1n) is 8.45. The summed E-state index contributed by atoms with van der Waals surface area (Å²) in [5, 5.41) is 0.649. The predicted molar refractivity (Wildman–Crippen MR) is 93.6 cm³/mol. The molecule has 0 radical (unpaired) electrons. The molecule has 0 saturated carbocycles. The molecule has 2 heterocycles. The first kappa shape index (κ1) is 16.9. The predicted octanol–water partition coefficient (Wildman–Crippen LogP) is 1.76. The monoisotopic (exact) mass is 331 g/mol. The number of nitrogens with zero attached hydrogens (tertiary/aromatic N) is 3. The zero-order valence-corrected chi connectivity index (χ0v) is 14.4. The van der Waals surface area contributed by atoms with Gasteiger partial charge in [0.25, 0.3) is 5.56 Å². The van der Waals surface area contributed by atoms with Gasteiger partial charge in [0.15, 0.2) is 0 Å². The molecule has 6 nitrogen and oxygen atoms in total. The lowest BCUT2D eigenvalue weighted by Crippen LogP contribution is -2.38. The van der Waals surface area contributed by atoms with Crippen LogP contribution >= 0.6 is 0 Å². The molecule has 1 aliphatic heterocycles. The average Bonchev–Trinajstić information content (AvgIpc) is 2.63. The molecule has 130 valence electrons. The Morgan fingerprint density at radius 1 is 1.25 bits per heavy atom. The van der Waals surface area contributed by atoms with Crippen LogP contribution in [0.15, 0.2) is 29.3 Å². The van der Waals surface area contributed by atoms with E-state index in [1.807, 2.05) is 6.07 Å². The highest BCUT2D eigenvalue weighted by Gasteiger charge is 2.20. The van der Waals surface area contributed by atoms with Gasteiger partial charge in [0, 0.05) is 26.3 Å². The van der Waals surface area contributed by atoms with Gasteiger partial charge in [0.05, 0.1) is 30.9 Å². The molecule has 1 aromatic heterocycles. The van der Waals surface area contributed by atoms with Crippen molar-refractivity contribution >= 4 is 10.9 Å². The van der Waals surface area contributed by atoms with E-state index >= 15 is 0 Å². The van der Waals surface area contributed by atoms with Crippen LogP contribution in [0.5, 0.6) is 5.75 Å². The Balaban J connectivity index is 1.68. The number of benzene rings is 1. The van der Waals surface area contributed by atoms with E-state index in [0.29, 0.717) is 16.8 Å². The third-order valence-corrected chi connectivity index (χ3v) is 4.81. The fourth-order valence-corrected chi connectivity index (χ4v) is 3.29. The molecule has 1 fully saturated rings. The summed E-state index contributed by atoms with van der Waals surface area (Å²) in [6.07, 6.45) is 3.88. The number of likely N-dealkylation sites (tertiary alicyclic amines) is 1. The number of hydrogen-bond donors (Lipinski definition) is 0. The zero-order valence-electron chi connectivity index (χ0n) is 14.4. The Morgan fingerprint density at radius 3 is 2.75 bits per heavy atom. The third-order valence-electron chi connectivity index (χ3n) is 4.81. The molecule has 0 unspecified atom stereocenters. The maximum absolute atomic E-state index is 12.7. The van der Waals surface area contributed by atoms with E-state index in [0.717, 1.165) is 51.4 Å². The second-order valence-electron chi connectivity index (χ2n) is 6.36. The van der Waals surface area contributed by atoms with Crippen LogP contribution in [0.25, 0.3) is 10.9 Å². The molecule has 6 heteroatoms. The van der Waals surface area contributed by atoms with Crippen molar-refractivity contribution < 1.29 is 9.47 Å². The van der Waals surface area contributed by atoms with Gasteiger partial charge < -0.3 is 14.4 Å². The van der Waals surface area contributed by atoms with E-state index in [1.54, 1.807) is 37.2 Å². The Kier molecular flexibility index (Phi) is 5.48. The second kappa shape index (κ2) is 7.77. The number of piperidine rings is 1. The Hall–Kier alpha value is -1.92. The smallest absolute Gasteiger partial charge is 0.261 e. The summed E-state index contributed by atoms with van der Waals surface area (Å²) in [6, 6.07) is 5.41. The van der Waals surface area contributed by atoms with Crippen LogP contribution in [0.4, 0.5) is 0 Å². The number of aromatic nitrogens is 2. The minimum Gasteiger partial charge on any atom is -0.497 e. The third kappa shape index (κ3) is 3.76. The Bertz CT molecular complexity index is 736. The van der Waals surface area contributed by atoms with Crippen LogP contribution in [0.1, 0.15) is 12.8 Å². The molecule has 0 amide bonds. The number of ether oxygens (including phenoxy) is 2. The first-order chi connectivity index (χ1) is 11.7. The quantitative estimate of drug-likeness (QED) is 0.807. The molecule has 24 heavy (non-hydrogen) atoms. The van der Waals surface area contributed by atoms with Gasteiger partial charge in [-0.2, -0.15) is 0 Å². The number of hydrogen-bond acceptors (Lipinski definition) is 5. The molecule has 0 aliphatic carbocycles. The van der Waals surface area contributed by atoms with Gasteiger partial charge in [-0.25, -0.2) is 4.98 Å². The molecule has 1 aromatic carbocycles. The van der Waals surface area contributed by atoms with E-state index < -0.39 is 0 Å². The topological polar surface area (TPSA) is 56.6 Å². The highest BCUT2D eigenvalue weighted by molar-refractivity contribution is 5.78. The van der Waals surface area contributed by atoms with Gasteiger partial charge >= 0.3 is 0 Å². The van der Waals surface area contributed by atoms with Crippen LogP contribution in [-0.2, 0) is 11.3 Å². The van der Waals surface area contributed by atoms with Crippen molar-refractivity contribution in [1.29, 1.82) is 0 Å². The molecule has 0 atom stereocenters. The Morgan fingerprint density at radius 2 is 2.04 bits per heavy atom. The van der Waals surface area contributed by atoms with E-state index in [2.05, 4.69) is 9.88 Å². The van der Waals surface area contributed by atoms with Gasteiger partial charge in [-0.05, 0) is 44.0 Å². The van der Waals surface area contributed by atoms with Crippen LogP contribution < -0.4 is 10.3 Å². The zero-order chi connectivity index (χ0) is 16.9. The fourth-order valence-electron chi connectivity index (χ4n) is 3.29. The van der Waals surface area contributed by atoms with Crippen molar-refractivity contribution in [2.24, 2.45) is 5.92 Å². The van der Waals surface area contributed by atoms with Crippen LogP contribution in [0.2, 0.25) is 0 Å². The summed E-state index contributed by atoms with van der Waals surface area (Å²) in [4.78, 5) is 19.5. The van der Waals surface area contributed by atoms with Gasteiger partial charge in [-0.15, -0.1) is 0 Å². The molecule has 1 aliphatic rings. The molecule has 0 bridgehead atoms. The largest absolute Gasteiger partial charge is 0.497 e. The molecular formula is C18H25N3O3. The van der Waals surface area contributed by atoms with Gasteiger partial charge in [-0.3, -0.25) is 9.36 Å². The van der Waals surface area contributed by atoms with E-state index in [1.165, 1.54) is 0 Å². The van der Waals surface area contributed by atoms with E-state index in [-0.39, 0.29) is 5.56 Å². The molecular weight excluding hydrogens is 306 g/mol. The van der Waals surface area contributed by atoms with E-state index in [4.69, 9.17) is 9.47 Å². The lowest BCUT2D eigenvalue weighted by molar-refractivity contribution is 0.116. The van der Waals surface area contributed by atoms with Crippen LogP contribution in [0, 0.1) is 5.92 Å². The van der Waals surface area contributed by atoms with Crippen molar-refractivity contribution in [1.82, 2.24) is 14.5 Å². The highest BCUT2D eigenvalue weighted by Crippen LogP contribution is 2.19. The fraction of sp³-hybridized carbons (Fsp3) is 0.556. The summed E-state index contributed by atoms with van der Waals surface area (Å²) in [6.45, 7) is 4.65. The second-order valence-corrected chi connectivity index (χ2v) is 6.36. The average molecular weight is 331 g/mol. The number of rotatable bonds is 6. The normalized spacial score (nSPS) is 16.6. The lowest BCUT2D eigenvalue weighted by Gasteiger charge is -2.31. The van der Waals surface area contributed by atoms with Crippen molar-refractivity contribution in [2.75, 3.05) is 40.5 Å². The molecule has 3 rings (SSSR count). The van der Waals surface area contributed by atoms with Crippen molar-refractivity contribution in [3.63, 3.8) is 0 Å². The molecule has 0 spiro atoms. The maximum Gasteiger partial charge on any atom is 0.261 e. The summed E-state index contributed by atoms with van der Waals surface area (Å²) in [7, 11) is 3.35. The minimum atomic E-state index is 0.0319. The SMILES string of the molecule is COCCN1CCC(Cn2cnc3cc(OC)ccc3c2=O)CC1. The molecule has 1 saturated heterocycles. The summed E-state index contributed by atoms with van der Waals surface area (Å²) in [5.74, 6) is 1.24.